The lowest BCUT2D eigenvalue weighted by molar-refractivity contribution is 0.334. The fraction of sp³-hybridized carbons (Fsp3) is 0.125. The van der Waals surface area contributed by atoms with E-state index in [1.165, 1.54) is 11.1 Å². The van der Waals surface area contributed by atoms with Crippen molar-refractivity contribution in [1.29, 1.82) is 0 Å². The summed E-state index contributed by atoms with van der Waals surface area (Å²) in [4.78, 5) is 0.215. The Morgan fingerprint density at radius 2 is 1.67 bits per heavy atom. The summed E-state index contributed by atoms with van der Waals surface area (Å²) in [5.41, 5.74) is 3.64. The van der Waals surface area contributed by atoms with Crippen LogP contribution in [-0.4, -0.2) is 11.4 Å². The van der Waals surface area contributed by atoms with E-state index >= 15 is 0 Å². The van der Waals surface area contributed by atoms with Crippen molar-refractivity contribution >= 4 is 27.6 Å². The molecular formula is C16H13BrO. The first-order valence-electron chi connectivity index (χ1n) is 5.97. The van der Waals surface area contributed by atoms with Crippen LogP contribution >= 0.6 is 15.9 Å². The van der Waals surface area contributed by atoms with Crippen LogP contribution in [0.2, 0.25) is 0 Å². The maximum absolute atomic E-state index is 5.81. The van der Waals surface area contributed by atoms with Gasteiger partial charge in [0.1, 0.15) is 12.4 Å². The highest BCUT2D eigenvalue weighted by molar-refractivity contribution is 9.09. The summed E-state index contributed by atoms with van der Waals surface area (Å²) in [7, 11) is 0. The predicted octanol–water partition coefficient (Wildman–Crippen LogP) is 4.38. The third-order valence-electron chi connectivity index (χ3n) is 3.06. The van der Waals surface area contributed by atoms with Crippen LogP contribution in [0, 0.1) is 0 Å². The Labute approximate surface area is 115 Å². The summed E-state index contributed by atoms with van der Waals surface area (Å²) < 4.78 is 5.81. The van der Waals surface area contributed by atoms with Crippen LogP contribution < -0.4 is 4.74 Å². The number of benzene rings is 2. The van der Waals surface area contributed by atoms with Crippen LogP contribution in [-0.2, 0) is 0 Å². The third-order valence-corrected chi connectivity index (χ3v) is 3.82. The predicted molar refractivity (Wildman–Crippen MR) is 79.0 cm³/mol. The van der Waals surface area contributed by atoms with E-state index < -0.39 is 0 Å². The molecule has 0 radical (unpaired) electrons. The zero-order chi connectivity index (χ0) is 12.4. The van der Waals surface area contributed by atoms with Crippen molar-refractivity contribution in [1.82, 2.24) is 0 Å². The van der Waals surface area contributed by atoms with Crippen molar-refractivity contribution in [3.05, 3.63) is 65.7 Å². The van der Waals surface area contributed by atoms with Crippen LogP contribution in [0.25, 0.3) is 11.6 Å². The Morgan fingerprint density at radius 1 is 0.944 bits per heavy atom. The minimum absolute atomic E-state index is 0.215. The van der Waals surface area contributed by atoms with Gasteiger partial charge in [-0.3, -0.25) is 0 Å². The molecule has 90 valence electrons. The van der Waals surface area contributed by atoms with Crippen LogP contribution in [0.15, 0.2) is 54.6 Å². The number of hydrogen-bond donors (Lipinski definition) is 0. The molecule has 0 spiro atoms. The smallest absolute Gasteiger partial charge is 0.126 e. The molecule has 1 aliphatic heterocycles. The third kappa shape index (κ3) is 2.21. The lowest BCUT2D eigenvalue weighted by atomic mass is 10.0. The lowest BCUT2D eigenvalue weighted by Gasteiger charge is -2.12. The van der Waals surface area contributed by atoms with Gasteiger partial charge in [-0.15, -0.1) is 0 Å². The molecule has 0 bridgehead atoms. The van der Waals surface area contributed by atoms with Crippen LogP contribution in [0.4, 0.5) is 0 Å². The number of rotatable bonds is 1. The molecule has 0 aromatic heterocycles. The average molecular weight is 301 g/mol. The number of halogens is 1. The van der Waals surface area contributed by atoms with Gasteiger partial charge in [0, 0.05) is 5.56 Å². The number of fused-ring (bicyclic) bond motifs is 1. The van der Waals surface area contributed by atoms with Crippen molar-refractivity contribution in [3.63, 3.8) is 0 Å². The van der Waals surface area contributed by atoms with Gasteiger partial charge in [0.05, 0.1) is 4.83 Å². The molecule has 2 aromatic rings. The summed E-state index contributed by atoms with van der Waals surface area (Å²) in [5, 5.41) is 0. The molecule has 0 amide bonds. The molecule has 18 heavy (non-hydrogen) atoms. The van der Waals surface area contributed by atoms with Gasteiger partial charge in [-0.25, -0.2) is 0 Å². The van der Waals surface area contributed by atoms with Crippen molar-refractivity contribution in [3.8, 4) is 5.75 Å². The first-order chi connectivity index (χ1) is 8.84. The molecule has 0 saturated carbocycles. The minimum Gasteiger partial charge on any atom is -0.491 e. The summed E-state index contributed by atoms with van der Waals surface area (Å²) in [6, 6.07) is 18.6. The average Bonchev–Trinajstić information content (AvgIpc) is 2.60. The Hall–Kier alpha value is -1.54. The zero-order valence-corrected chi connectivity index (χ0v) is 11.4. The first-order valence-corrected chi connectivity index (χ1v) is 6.89. The minimum atomic E-state index is 0.215. The summed E-state index contributed by atoms with van der Waals surface area (Å²) >= 11 is 3.71. The number of alkyl halides is 1. The lowest BCUT2D eigenvalue weighted by Crippen LogP contribution is -2.11. The van der Waals surface area contributed by atoms with Crippen LogP contribution in [0.1, 0.15) is 11.1 Å². The fourth-order valence-corrected chi connectivity index (χ4v) is 2.67. The highest BCUT2D eigenvalue weighted by Gasteiger charge is 2.18. The van der Waals surface area contributed by atoms with Gasteiger partial charge in [0.25, 0.3) is 0 Å². The van der Waals surface area contributed by atoms with E-state index in [0.29, 0.717) is 6.61 Å². The maximum atomic E-state index is 5.81. The maximum Gasteiger partial charge on any atom is 0.126 e. The van der Waals surface area contributed by atoms with E-state index in [2.05, 4.69) is 52.3 Å². The monoisotopic (exact) mass is 300 g/mol. The molecule has 0 N–H and O–H groups in total. The van der Waals surface area contributed by atoms with E-state index in [-0.39, 0.29) is 4.83 Å². The SMILES string of the molecule is BrC1COc2ccccc2C=C1c1ccccc1. The molecular weight excluding hydrogens is 288 g/mol. The molecule has 1 nitrogen and oxygen atoms in total. The van der Waals surface area contributed by atoms with Crippen molar-refractivity contribution in [2.45, 2.75) is 4.83 Å². The molecule has 0 aliphatic carbocycles. The Balaban J connectivity index is 2.10. The highest BCUT2D eigenvalue weighted by atomic mass is 79.9. The Kier molecular flexibility index (Phi) is 3.20. The molecule has 2 aromatic carbocycles. The van der Waals surface area contributed by atoms with E-state index in [4.69, 9.17) is 4.74 Å². The normalized spacial score (nSPS) is 18.3. The molecule has 0 saturated heterocycles. The molecule has 2 heteroatoms. The number of para-hydroxylation sites is 1. The van der Waals surface area contributed by atoms with Crippen molar-refractivity contribution in [2.24, 2.45) is 0 Å². The molecule has 0 fully saturated rings. The Morgan fingerprint density at radius 3 is 2.50 bits per heavy atom. The largest absolute Gasteiger partial charge is 0.491 e. The highest BCUT2D eigenvalue weighted by Crippen LogP contribution is 2.33. The van der Waals surface area contributed by atoms with E-state index in [1.54, 1.807) is 0 Å². The Bertz CT molecular complexity index is 575. The van der Waals surface area contributed by atoms with E-state index in [9.17, 15) is 0 Å². The summed E-state index contributed by atoms with van der Waals surface area (Å²) in [6.45, 7) is 0.651. The van der Waals surface area contributed by atoms with E-state index in [0.717, 1.165) is 11.3 Å². The second-order valence-electron chi connectivity index (χ2n) is 4.28. The number of ether oxygens (including phenoxy) is 1. The first kappa shape index (κ1) is 11.5. The van der Waals surface area contributed by atoms with Gasteiger partial charge in [0.2, 0.25) is 0 Å². The zero-order valence-electron chi connectivity index (χ0n) is 9.84. The second kappa shape index (κ2) is 4.99. The topological polar surface area (TPSA) is 9.23 Å². The van der Waals surface area contributed by atoms with Gasteiger partial charge in [-0.05, 0) is 23.3 Å². The van der Waals surface area contributed by atoms with Gasteiger partial charge >= 0.3 is 0 Å². The van der Waals surface area contributed by atoms with Crippen molar-refractivity contribution in [2.75, 3.05) is 6.61 Å². The quantitative estimate of drug-likeness (QED) is 0.710. The van der Waals surface area contributed by atoms with Gasteiger partial charge in [0.15, 0.2) is 0 Å². The fourth-order valence-electron chi connectivity index (χ4n) is 2.14. The van der Waals surface area contributed by atoms with Gasteiger partial charge in [-0.2, -0.15) is 0 Å². The van der Waals surface area contributed by atoms with Crippen LogP contribution in [0.3, 0.4) is 0 Å². The van der Waals surface area contributed by atoms with Crippen molar-refractivity contribution < 1.29 is 4.74 Å². The molecule has 3 rings (SSSR count). The summed E-state index contributed by atoms with van der Waals surface area (Å²) in [5.74, 6) is 0.952. The molecule has 1 aliphatic rings. The standard InChI is InChI=1S/C16H13BrO/c17-15-11-18-16-9-5-4-8-13(16)10-14(15)12-6-2-1-3-7-12/h1-10,15H,11H2. The van der Waals surface area contributed by atoms with Gasteiger partial charge in [-0.1, -0.05) is 64.5 Å². The molecule has 1 unspecified atom stereocenters. The van der Waals surface area contributed by atoms with Gasteiger partial charge < -0.3 is 4.74 Å². The molecule has 1 heterocycles. The second-order valence-corrected chi connectivity index (χ2v) is 5.39. The van der Waals surface area contributed by atoms with E-state index in [1.807, 2.05) is 24.3 Å². The summed E-state index contributed by atoms with van der Waals surface area (Å²) in [6.07, 6.45) is 2.21. The van der Waals surface area contributed by atoms with Crippen LogP contribution in [0.5, 0.6) is 5.75 Å². The molecule has 1 atom stereocenters. The number of hydrogen-bond acceptors (Lipinski definition) is 1.